The number of aliphatic hydroxyl groups excluding tert-OH is 1. The standard InChI is InChI=1S/C19H23NO2/c1-15(14-21)13-20-19(22)12-18(16-8-4-2-5-9-16)17-10-6-3-7-11-17/h2-11,15,18,21H,12-14H2,1H3,(H,20,22). The Hall–Kier alpha value is -2.13. The van der Waals surface area contributed by atoms with Crippen molar-refractivity contribution < 1.29 is 9.90 Å². The van der Waals surface area contributed by atoms with E-state index in [0.717, 1.165) is 11.1 Å². The Kier molecular flexibility index (Phi) is 6.16. The minimum Gasteiger partial charge on any atom is -0.396 e. The molecule has 0 aliphatic heterocycles. The number of nitrogens with one attached hydrogen (secondary N) is 1. The number of benzene rings is 2. The molecular weight excluding hydrogens is 274 g/mol. The fourth-order valence-electron chi connectivity index (χ4n) is 2.41. The number of amides is 1. The highest BCUT2D eigenvalue weighted by Crippen LogP contribution is 2.27. The largest absolute Gasteiger partial charge is 0.396 e. The first-order valence-electron chi connectivity index (χ1n) is 7.68. The highest BCUT2D eigenvalue weighted by molar-refractivity contribution is 5.77. The number of aliphatic hydroxyl groups is 1. The second kappa shape index (κ2) is 8.35. The second-order valence-corrected chi connectivity index (χ2v) is 5.67. The van der Waals surface area contributed by atoms with Crippen LogP contribution in [0.1, 0.15) is 30.4 Å². The summed E-state index contributed by atoms with van der Waals surface area (Å²) >= 11 is 0. The Bertz CT molecular complexity index is 529. The zero-order valence-electron chi connectivity index (χ0n) is 12.9. The molecule has 0 saturated heterocycles. The molecule has 1 unspecified atom stereocenters. The highest BCUT2D eigenvalue weighted by Gasteiger charge is 2.18. The fraction of sp³-hybridized carbons (Fsp3) is 0.316. The van der Waals surface area contributed by atoms with Crippen LogP contribution in [0.4, 0.5) is 0 Å². The first-order chi connectivity index (χ1) is 10.7. The molecule has 1 amide bonds. The van der Waals surface area contributed by atoms with Crippen molar-refractivity contribution in [1.82, 2.24) is 5.32 Å². The molecule has 22 heavy (non-hydrogen) atoms. The molecule has 1 atom stereocenters. The molecule has 3 nitrogen and oxygen atoms in total. The number of hydrogen-bond donors (Lipinski definition) is 2. The molecule has 2 aromatic carbocycles. The maximum absolute atomic E-state index is 12.2. The maximum atomic E-state index is 12.2. The molecule has 0 spiro atoms. The summed E-state index contributed by atoms with van der Waals surface area (Å²) in [5, 5.41) is 11.9. The van der Waals surface area contributed by atoms with E-state index < -0.39 is 0 Å². The first-order valence-corrected chi connectivity index (χ1v) is 7.68. The summed E-state index contributed by atoms with van der Waals surface area (Å²) in [7, 11) is 0. The average molecular weight is 297 g/mol. The van der Waals surface area contributed by atoms with Crippen molar-refractivity contribution in [1.29, 1.82) is 0 Å². The van der Waals surface area contributed by atoms with Crippen molar-refractivity contribution in [3.8, 4) is 0 Å². The Morgan fingerprint density at radius 3 is 1.95 bits per heavy atom. The van der Waals surface area contributed by atoms with E-state index in [1.165, 1.54) is 0 Å². The Balaban J connectivity index is 2.11. The van der Waals surface area contributed by atoms with Gasteiger partial charge in [0, 0.05) is 25.5 Å². The monoisotopic (exact) mass is 297 g/mol. The van der Waals surface area contributed by atoms with E-state index in [-0.39, 0.29) is 24.3 Å². The summed E-state index contributed by atoms with van der Waals surface area (Å²) in [6.07, 6.45) is 0.409. The summed E-state index contributed by atoms with van der Waals surface area (Å²) in [5.74, 6) is 0.140. The Morgan fingerprint density at radius 1 is 1.00 bits per heavy atom. The van der Waals surface area contributed by atoms with Gasteiger partial charge in [0.15, 0.2) is 0 Å². The number of carbonyl (C=O) groups excluding carboxylic acids is 1. The Morgan fingerprint density at radius 2 is 1.50 bits per heavy atom. The maximum Gasteiger partial charge on any atom is 0.220 e. The van der Waals surface area contributed by atoms with Crippen LogP contribution >= 0.6 is 0 Å². The number of carbonyl (C=O) groups is 1. The van der Waals surface area contributed by atoms with Gasteiger partial charge in [-0.05, 0) is 17.0 Å². The highest BCUT2D eigenvalue weighted by atomic mass is 16.3. The van der Waals surface area contributed by atoms with Crippen LogP contribution in [0.2, 0.25) is 0 Å². The molecule has 0 fully saturated rings. The van der Waals surface area contributed by atoms with Crippen LogP contribution in [0.25, 0.3) is 0 Å². The smallest absolute Gasteiger partial charge is 0.220 e. The molecule has 2 N–H and O–H groups in total. The third-order valence-corrected chi connectivity index (χ3v) is 3.75. The van der Waals surface area contributed by atoms with E-state index in [4.69, 9.17) is 5.11 Å². The molecule has 0 radical (unpaired) electrons. The molecule has 2 rings (SSSR count). The molecule has 116 valence electrons. The molecule has 2 aromatic rings. The van der Waals surface area contributed by atoms with E-state index in [9.17, 15) is 4.79 Å². The van der Waals surface area contributed by atoms with Gasteiger partial charge in [-0.3, -0.25) is 4.79 Å². The van der Waals surface area contributed by atoms with E-state index in [1.54, 1.807) is 0 Å². The van der Waals surface area contributed by atoms with Gasteiger partial charge < -0.3 is 10.4 Å². The van der Waals surface area contributed by atoms with Crippen molar-refractivity contribution >= 4 is 5.91 Å². The van der Waals surface area contributed by atoms with Crippen LogP contribution in [-0.4, -0.2) is 24.2 Å². The minimum absolute atomic E-state index is 0.0120. The van der Waals surface area contributed by atoms with Gasteiger partial charge in [-0.25, -0.2) is 0 Å². The van der Waals surface area contributed by atoms with Gasteiger partial charge >= 0.3 is 0 Å². The third-order valence-electron chi connectivity index (χ3n) is 3.75. The van der Waals surface area contributed by atoms with Gasteiger partial charge in [-0.1, -0.05) is 67.6 Å². The predicted octanol–water partition coefficient (Wildman–Crippen LogP) is 2.95. The lowest BCUT2D eigenvalue weighted by atomic mass is 9.88. The van der Waals surface area contributed by atoms with Crippen LogP contribution in [-0.2, 0) is 4.79 Å². The van der Waals surface area contributed by atoms with Gasteiger partial charge in [0.1, 0.15) is 0 Å². The van der Waals surface area contributed by atoms with E-state index >= 15 is 0 Å². The summed E-state index contributed by atoms with van der Waals surface area (Å²) in [6.45, 7) is 2.50. The summed E-state index contributed by atoms with van der Waals surface area (Å²) < 4.78 is 0. The molecule has 0 bridgehead atoms. The van der Waals surface area contributed by atoms with Gasteiger partial charge in [-0.2, -0.15) is 0 Å². The fourth-order valence-corrected chi connectivity index (χ4v) is 2.41. The van der Waals surface area contributed by atoms with Crippen LogP contribution in [0.5, 0.6) is 0 Å². The SMILES string of the molecule is CC(CO)CNC(=O)CC(c1ccccc1)c1ccccc1. The topological polar surface area (TPSA) is 49.3 Å². The molecule has 0 heterocycles. The van der Waals surface area contributed by atoms with E-state index in [0.29, 0.717) is 13.0 Å². The average Bonchev–Trinajstić information content (AvgIpc) is 2.59. The van der Waals surface area contributed by atoms with Crippen molar-refractivity contribution in [2.45, 2.75) is 19.3 Å². The second-order valence-electron chi connectivity index (χ2n) is 5.67. The summed E-state index contributed by atoms with van der Waals surface area (Å²) in [6, 6.07) is 20.2. The van der Waals surface area contributed by atoms with E-state index in [2.05, 4.69) is 29.6 Å². The number of rotatable bonds is 7. The van der Waals surface area contributed by atoms with Crippen LogP contribution in [0.15, 0.2) is 60.7 Å². The van der Waals surface area contributed by atoms with Crippen LogP contribution < -0.4 is 5.32 Å². The minimum atomic E-state index is 0.0120. The Labute approximate surface area is 132 Å². The normalized spacial score (nSPS) is 12.1. The van der Waals surface area contributed by atoms with Crippen molar-refractivity contribution in [2.24, 2.45) is 5.92 Å². The lowest BCUT2D eigenvalue weighted by Gasteiger charge is -2.18. The van der Waals surface area contributed by atoms with Gasteiger partial charge in [-0.15, -0.1) is 0 Å². The first kappa shape index (κ1) is 16.2. The third kappa shape index (κ3) is 4.71. The molecule has 0 aromatic heterocycles. The molecule has 3 heteroatoms. The molecule has 0 aliphatic rings. The van der Waals surface area contributed by atoms with Crippen molar-refractivity contribution in [2.75, 3.05) is 13.2 Å². The van der Waals surface area contributed by atoms with Gasteiger partial charge in [0.25, 0.3) is 0 Å². The molecule has 0 saturated carbocycles. The van der Waals surface area contributed by atoms with Crippen LogP contribution in [0.3, 0.4) is 0 Å². The quantitative estimate of drug-likeness (QED) is 0.825. The zero-order chi connectivity index (χ0) is 15.8. The van der Waals surface area contributed by atoms with Crippen molar-refractivity contribution in [3.05, 3.63) is 71.8 Å². The lowest BCUT2D eigenvalue weighted by molar-refractivity contribution is -0.121. The van der Waals surface area contributed by atoms with Crippen molar-refractivity contribution in [3.63, 3.8) is 0 Å². The zero-order valence-corrected chi connectivity index (χ0v) is 12.9. The van der Waals surface area contributed by atoms with Gasteiger partial charge in [0.05, 0.1) is 0 Å². The molecular formula is C19H23NO2. The summed E-state index contributed by atoms with van der Waals surface area (Å²) in [5.41, 5.74) is 2.28. The summed E-state index contributed by atoms with van der Waals surface area (Å²) in [4.78, 5) is 12.2. The number of hydrogen-bond acceptors (Lipinski definition) is 2. The predicted molar refractivity (Wildman–Crippen MR) is 88.6 cm³/mol. The lowest BCUT2D eigenvalue weighted by Crippen LogP contribution is -2.30. The van der Waals surface area contributed by atoms with Gasteiger partial charge in [0.2, 0.25) is 5.91 Å². The van der Waals surface area contributed by atoms with E-state index in [1.807, 2.05) is 43.3 Å². The van der Waals surface area contributed by atoms with Crippen LogP contribution in [0, 0.1) is 5.92 Å². The molecule has 0 aliphatic carbocycles.